The summed E-state index contributed by atoms with van der Waals surface area (Å²) < 4.78 is 129. The lowest BCUT2D eigenvalue weighted by Gasteiger charge is -2.10. The minimum atomic E-state index is -5.34. The molecule has 1 aromatic carbocycles. The van der Waals surface area contributed by atoms with Gasteiger partial charge in [0.15, 0.2) is 30.8 Å². The highest BCUT2D eigenvalue weighted by molar-refractivity contribution is 7.93. The normalized spacial score (nSPS) is 14.8. The van der Waals surface area contributed by atoms with Crippen LogP contribution < -0.4 is 0 Å². The number of sulfone groups is 1. The molecule has 0 radical (unpaired) electrons. The zero-order valence-corrected chi connectivity index (χ0v) is 19.4. The van der Waals surface area contributed by atoms with E-state index in [1.165, 1.54) is 6.92 Å². The summed E-state index contributed by atoms with van der Waals surface area (Å²) in [5.41, 5.74) is -7.40. The lowest BCUT2D eigenvalue weighted by Crippen LogP contribution is -2.21. The lowest BCUT2D eigenvalue weighted by atomic mass is 10.3. The van der Waals surface area contributed by atoms with Gasteiger partial charge in [-0.3, -0.25) is 0 Å². The van der Waals surface area contributed by atoms with Crippen LogP contribution in [0.5, 0.6) is 0 Å². The fourth-order valence-corrected chi connectivity index (χ4v) is 4.90. The molecule has 3 aromatic heterocycles. The van der Waals surface area contributed by atoms with E-state index in [0.29, 0.717) is 6.07 Å². The number of oxazole rings is 1. The van der Waals surface area contributed by atoms with E-state index in [0.717, 1.165) is 41.3 Å². The predicted molar refractivity (Wildman–Crippen MR) is 112 cm³/mol. The van der Waals surface area contributed by atoms with Gasteiger partial charge >= 0.3 is 11.7 Å². The van der Waals surface area contributed by atoms with Crippen molar-refractivity contribution in [1.29, 1.82) is 4.78 Å². The summed E-state index contributed by atoms with van der Waals surface area (Å²) in [6.07, 6.45) is -2.76. The lowest BCUT2D eigenvalue weighted by molar-refractivity contribution is -0.141. The van der Waals surface area contributed by atoms with Crippen LogP contribution in [0.2, 0.25) is 0 Å². The first-order valence-electron chi connectivity index (χ1n) is 9.66. The van der Waals surface area contributed by atoms with Gasteiger partial charge in [0.05, 0.1) is 22.5 Å². The molecule has 36 heavy (non-hydrogen) atoms. The molecule has 0 amide bonds. The zero-order valence-electron chi connectivity index (χ0n) is 17.8. The Morgan fingerprint density at radius 2 is 1.75 bits per heavy atom. The quantitative estimate of drug-likeness (QED) is 0.351. The molecule has 1 N–H and O–H groups in total. The zero-order chi connectivity index (χ0) is 26.7. The fourth-order valence-electron chi connectivity index (χ4n) is 3.05. The number of alkyl halides is 6. The van der Waals surface area contributed by atoms with Crippen molar-refractivity contribution < 1.29 is 43.4 Å². The highest BCUT2D eigenvalue weighted by atomic mass is 32.2. The second kappa shape index (κ2) is 8.29. The molecule has 1 unspecified atom stereocenters. The van der Waals surface area contributed by atoms with E-state index < -0.39 is 58.4 Å². The Balaban J connectivity index is 1.86. The van der Waals surface area contributed by atoms with Gasteiger partial charge in [-0.05, 0) is 30.3 Å². The van der Waals surface area contributed by atoms with Gasteiger partial charge in [0.2, 0.25) is 5.89 Å². The molecule has 9 nitrogen and oxygen atoms in total. The summed E-state index contributed by atoms with van der Waals surface area (Å²) in [7, 11) is -9.25. The number of hydrogen-bond donors (Lipinski definition) is 1. The fraction of sp³-hybridized carbons (Fsp3) is 0.211. The molecule has 0 spiro atoms. The molecule has 0 saturated carbocycles. The highest BCUT2D eigenvalue weighted by Gasteiger charge is 2.43. The standard InChI is InChI=1S/C19H13F6N5O4S2/c1-2-35(31,32)14-7-10(30-6-5-15(29-30)18(20,21)22)9-27-16(14)17-28-12-8-11(3-4-13(12)34-17)36(26,33)19(23,24)25/h3-9,26H,2H2,1H3. The van der Waals surface area contributed by atoms with Crippen LogP contribution in [0.4, 0.5) is 26.3 Å². The number of nitrogens with one attached hydrogen (secondary N) is 1. The molecule has 1 atom stereocenters. The Hall–Kier alpha value is -3.47. The molecular weight excluding hydrogens is 540 g/mol. The first-order valence-corrected chi connectivity index (χ1v) is 12.9. The monoisotopic (exact) mass is 553 g/mol. The Labute approximate surface area is 198 Å². The average Bonchev–Trinajstić information content (AvgIpc) is 3.45. The number of fused-ring (bicyclic) bond motifs is 1. The second-order valence-electron chi connectivity index (χ2n) is 7.24. The number of hydrogen-bond acceptors (Lipinski definition) is 8. The molecule has 0 bridgehead atoms. The number of rotatable bonds is 5. The van der Waals surface area contributed by atoms with E-state index in [2.05, 4.69) is 15.1 Å². The maximum absolute atomic E-state index is 13.0. The first kappa shape index (κ1) is 25.6. The molecule has 4 aromatic rings. The Bertz CT molecular complexity index is 1690. The van der Waals surface area contributed by atoms with Gasteiger partial charge in [0.1, 0.15) is 16.1 Å². The third-order valence-corrected chi connectivity index (χ3v) is 8.23. The summed E-state index contributed by atoms with van der Waals surface area (Å²) >= 11 is 0. The first-order chi connectivity index (χ1) is 16.5. The summed E-state index contributed by atoms with van der Waals surface area (Å²) in [6, 6.07) is 4.19. The van der Waals surface area contributed by atoms with Crippen molar-refractivity contribution in [3.05, 3.63) is 48.4 Å². The molecule has 0 aliphatic rings. The summed E-state index contributed by atoms with van der Waals surface area (Å²) in [5, 5.41) is 3.37. The summed E-state index contributed by atoms with van der Waals surface area (Å²) in [4.78, 5) is 6.55. The highest BCUT2D eigenvalue weighted by Crippen LogP contribution is 2.35. The third-order valence-electron chi connectivity index (χ3n) is 4.92. The van der Waals surface area contributed by atoms with E-state index >= 15 is 0 Å². The van der Waals surface area contributed by atoms with Crippen LogP contribution in [-0.2, 0) is 25.7 Å². The number of pyridine rings is 1. The van der Waals surface area contributed by atoms with Gasteiger partial charge in [-0.15, -0.1) is 0 Å². The predicted octanol–water partition coefficient (Wildman–Crippen LogP) is 4.81. The van der Waals surface area contributed by atoms with Crippen LogP contribution in [-0.4, -0.2) is 43.6 Å². The second-order valence-corrected chi connectivity index (χ2v) is 11.5. The molecule has 4 rings (SSSR count). The SMILES string of the molecule is CCS(=O)(=O)c1cc(-n2ccc(C(F)(F)F)n2)cnc1-c1nc2cc(S(=N)(=O)C(F)(F)F)ccc2o1. The molecule has 0 saturated heterocycles. The summed E-state index contributed by atoms with van der Waals surface area (Å²) in [5.74, 6) is -0.866. The average molecular weight is 553 g/mol. The molecule has 0 aliphatic heterocycles. The molecule has 3 heterocycles. The van der Waals surface area contributed by atoms with Crippen LogP contribution in [0.1, 0.15) is 12.6 Å². The Morgan fingerprint density at radius 3 is 2.33 bits per heavy atom. The van der Waals surface area contributed by atoms with Crippen LogP contribution in [0.25, 0.3) is 28.4 Å². The summed E-state index contributed by atoms with van der Waals surface area (Å²) in [6.45, 7) is 1.31. The van der Waals surface area contributed by atoms with E-state index in [4.69, 9.17) is 9.20 Å². The van der Waals surface area contributed by atoms with Crippen molar-refractivity contribution in [3.63, 3.8) is 0 Å². The van der Waals surface area contributed by atoms with Gasteiger partial charge in [-0.25, -0.2) is 32.1 Å². The van der Waals surface area contributed by atoms with E-state index in [1.54, 1.807) is 0 Å². The van der Waals surface area contributed by atoms with Crippen LogP contribution in [0, 0.1) is 4.78 Å². The van der Waals surface area contributed by atoms with Crippen molar-refractivity contribution in [2.24, 2.45) is 0 Å². The third kappa shape index (κ3) is 4.43. The van der Waals surface area contributed by atoms with Crippen molar-refractivity contribution in [1.82, 2.24) is 19.7 Å². The van der Waals surface area contributed by atoms with Gasteiger partial charge in [-0.1, -0.05) is 6.92 Å². The van der Waals surface area contributed by atoms with Gasteiger partial charge in [-0.2, -0.15) is 31.4 Å². The maximum atomic E-state index is 13.0. The number of halogens is 6. The van der Waals surface area contributed by atoms with Gasteiger partial charge in [0.25, 0.3) is 0 Å². The van der Waals surface area contributed by atoms with Crippen LogP contribution in [0.3, 0.4) is 0 Å². The van der Waals surface area contributed by atoms with Crippen LogP contribution in [0.15, 0.2) is 56.9 Å². The van der Waals surface area contributed by atoms with Crippen LogP contribution >= 0.6 is 0 Å². The minimum absolute atomic E-state index is 0.112. The molecular formula is C19H13F6N5O4S2. The van der Waals surface area contributed by atoms with Gasteiger partial charge in [0, 0.05) is 6.20 Å². The molecule has 0 aliphatic carbocycles. The maximum Gasteiger partial charge on any atom is 0.483 e. The van der Waals surface area contributed by atoms with Crippen molar-refractivity contribution in [2.45, 2.75) is 28.4 Å². The number of nitrogens with zero attached hydrogens (tertiary/aromatic N) is 4. The van der Waals surface area contributed by atoms with E-state index in [1.807, 2.05) is 0 Å². The number of aromatic nitrogens is 4. The Morgan fingerprint density at radius 1 is 1.06 bits per heavy atom. The number of benzene rings is 1. The topological polar surface area (TPSA) is 132 Å². The Kier molecular flexibility index (Phi) is 5.90. The van der Waals surface area contributed by atoms with E-state index in [-0.39, 0.29) is 22.5 Å². The van der Waals surface area contributed by atoms with Crippen molar-refractivity contribution in [3.8, 4) is 17.3 Å². The minimum Gasteiger partial charge on any atom is -0.435 e. The van der Waals surface area contributed by atoms with E-state index in [9.17, 15) is 39.0 Å². The molecule has 0 fully saturated rings. The smallest absolute Gasteiger partial charge is 0.435 e. The van der Waals surface area contributed by atoms with Gasteiger partial charge < -0.3 is 4.42 Å². The van der Waals surface area contributed by atoms with Crippen molar-refractivity contribution >= 4 is 30.7 Å². The largest absolute Gasteiger partial charge is 0.483 e. The van der Waals surface area contributed by atoms with Crippen molar-refractivity contribution in [2.75, 3.05) is 5.75 Å². The molecule has 17 heteroatoms. The molecule has 192 valence electrons.